The van der Waals surface area contributed by atoms with Crippen LogP contribution in [0.3, 0.4) is 0 Å². The van der Waals surface area contributed by atoms with E-state index in [9.17, 15) is 9.59 Å². The van der Waals surface area contributed by atoms with Gasteiger partial charge in [-0.2, -0.15) is 5.26 Å². The second-order valence-electron chi connectivity index (χ2n) is 5.65. The predicted molar refractivity (Wildman–Crippen MR) is 107 cm³/mol. The average Bonchev–Trinajstić information content (AvgIpc) is 2.96. The van der Waals surface area contributed by atoms with Crippen molar-refractivity contribution in [3.05, 3.63) is 64.0 Å². The molecule has 0 bridgehead atoms. The van der Waals surface area contributed by atoms with Crippen LogP contribution in [0.25, 0.3) is 6.08 Å². The Morgan fingerprint density at radius 1 is 1.04 bits per heavy atom. The summed E-state index contributed by atoms with van der Waals surface area (Å²) in [5.41, 5.74) is 0.757. The molecule has 1 aliphatic heterocycles. The van der Waals surface area contributed by atoms with Gasteiger partial charge in [-0.3, -0.25) is 14.5 Å². The SMILES string of the molecule is N#CCOc1ccc(/C=C2\SC(=O)N(CCOc3ccc(Cl)cc3)C2=O)cc1. The first-order chi connectivity index (χ1) is 13.6. The lowest BCUT2D eigenvalue weighted by molar-refractivity contribution is -0.123. The Kier molecular flexibility index (Phi) is 6.58. The van der Waals surface area contributed by atoms with E-state index in [0.717, 1.165) is 22.2 Å². The molecule has 0 unspecified atom stereocenters. The molecule has 0 aromatic heterocycles. The van der Waals surface area contributed by atoms with Gasteiger partial charge in [0.1, 0.15) is 24.2 Å². The Balaban J connectivity index is 1.58. The molecular formula is C20H15ClN2O4S. The molecule has 1 aliphatic rings. The number of rotatable bonds is 7. The van der Waals surface area contributed by atoms with Gasteiger partial charge in [-0.1, -0.05) is 23.7 Å². The zero-order valence-corrected chi connectivity index (χ0v) is 16.2. The third kappa shape index (κ3) is 5.06. The minimum atomic E-state index is -0.348. The second kappa shape index (κ2) is 9.31. The number of ether oxygens (including phenoxy) is 2. The monoisotopic (exact) mass is 414 g/mol. The van der Waals surface area contributed by atoms with E-state index in [1.807, 2.05) is 6.07 Å². The summed E-state index contributed by atoms with van der Waals surface area (Å²) in [5, 5.41) is 8.79. The van der Waals surface area contributed by atoms with Crippen molar-refractivity contribution in [2.75, 3.05) is 19.8 Å². The lowest BCUT2D eigenvalue weighted by Gasteiger charge is -2.13. The van der Waals surface area contributed by atoms with Crippen molar-refractivity contribution in [1.29, 1.82) is 5.26 Å². The Labute approximate surface area is 171 Å². The number of benzene rings is 2. The van der Waals surface area contributed by atoms with Crippen molar-refractivity contribution in [1.82, 2.24) is 4.90 Å². The van der Waals surface area contributed by atoms with Crippen molar-refractivity contribution in [3.63, 3.8) is 0 Å². The fourth-order valence-electron chi connectivity index (χ4n) is 2.41. The molecular weight excluding hydrogens is 400 g/mol. The molecule has 0 radical (unpaired) electrons. The molecule has 0 aliphatic carbocycles. The Bertz CT molecular complexity index is 936. The molecule has 0 N–H and O–H groups in total. The molecule has 1 heterocycles. The van der Waals surface area contributed by atoms with Crippen molar-refractivity contribution in [2.45, 2.75) is 0 Å². The van der Waals surface area contributed by atoms with Gasteiger partial charge >= 0.3 is 0 Å². The third-order valence-corrected chi connectivity index (χ3v) is 4.91. The largest absolute Gasteiger partial charge is 0.492 e. The maximum atomic E-state index is 12.5. The molecule has 2 aromatic carbocycles. The Hall–Kier alpha value is -2.95. The first-order valence-corrected chi connectivity index (χ1v) is 9.50. The Morgan fingerprint density at radius 2 is 1.68 bits per heavy atom. The number of hydrogen-bond acceptors (Lipinski definition) is 6. The summed E-state index contributed by atoms with van der Waals surface area (Å²) in [7, 11) is 0. The molecule has 6 nitrogen and oxygen atoms in total. The summed E-state index contributed by atoms with van der Waals surface area (Å²) in [6.45, 7) is 0.319. The van der Waals surface area contributed by atoms with E-state index in [1.165, 1.54) is 0 Å². The second-order valence-corrected chi connectivity index (χ2v) is 7.08. The predicted octanol–water partition coefficient (Wildman–Crippen LogP) is 4.36. The van der Waals surface area contributed by atoms with Crippen LogP contribution < -0.4 is 9.47 Å². The van der Waals surface area contributed by atoms with E-state index in [4.69, 9.17) is 26.3 Å². The van der Waals surface area contributed by atoms with E-state index in [1.54, 1.807) is 54.6 Å². The summed E-state index contributed by atoms with van der Waals surface area (Å²) >= 11 is 6.71. The van der Waals surface area contributed by atoms with Gasteiger partial charge in [0.25, 0.3) is 11.1 Å². The lowest BCUT2D eigenvalue weighted by atomic mass is 10.2. The zero-order valence-electron chi connectivity index (χ0n) is 14.6. The van der Waals surface area contributed by atoms with E-state index in [-0.39, 0.29) is 30.9 Å². The quantitative estimate of drug-likeness (QED) is 0.626. The molecule has 3 rings (SSSR count). The van der Waals surface area contributed by atoms with Gasteiger partial charge in [0.15, 0.2) is 6.61 Å². The van der Waals surface area contributed by atoms with Crippen molar-refractivity contribution in [3.8, 4) is 17.6 Å². The van der Waals surface area contributed by atoms with Crippen LogP contribution in [0.15, 0.2) is 53.4 Å². The molecule has 142 valence electrons. The minimum Gasteiger partial charge on any atom is -0.492 e. The standard InChI is InChI=1S/C20H15ClN2O4S/c21-15-3-7-17(8-4-15)27-12-10-23-19(24)18(28-20(23)25)13-14-1-5-16(6-2-14)26-11-9-22/h1-8,13H,10-12H2/b18-13-. The van der Waals surface area contributed by atoms with Crippen LogP contribution in [-0.4, -0.2) is 35.8 Å². The van der Waals surface area contributed by atoms with Crippen LogP contribution in [-0.2, 0) is 4.79 Å². The number of amides is 2. The number of nitrogens with zero attached hydrogens (tertiary/aromatic N) is 2. The van der Waals surface area contributed by atoms with Gasteiger partial charge in [0.05, 0.1) is 11.4 Å². The van der Waals surface area contributed by atoms with E-state index < -0.39 is 0 Å². The fraction of sp³-hybridized carbons (Fsp3) is 0.150. The van der Waals surface area contributed by atoms with Crippen LogP contribution in [0.4, 0.5) is 4.79 Å². The van der Waals surface area contributed by atoms with Crippen LogP contribution in [0.2, 0.25) is 5.02 Å². The van der Waals surface area contributed by atoms with Crippen molar-refractivity contribution >= 4 is 40.6 Å². The van der Waals surface area contributed by atoms with Crippen LogP contribution in [0.1, 0.15) is 5.56 Å². The normalized spacial score (nSPS) is 15.0. The van der Waals surface area contributed by atoms with Crippen LogP contribution >= 0.6 is 23.4 Å². The van der Waals surface area contributed by atoms with Gasteiger partial charge in [-0.05, 0) is 59.8 Å². The van der Waals surface area contributed by atoms with Gasteiger partial charge in [-0.15, -0.1) is 0 Å². The van der Waals surface area contributed by atoms with E-state index >= 15 is 0 Å². The Morgan fingerprint density at radius 3 is 2.36 bits per heavy atom. The van der Waals surface area contributed by atoms with Crippen LogP contribution in [0.5, 0.6) is 11.5 Å². The lowest BCUT2D eigenvalue weighted by Crippen LogP contribution is -2.32. The number of carbonyl (C=O) groups is 2. The number of halogens is 1. The molecule has 28 heavy (non-hydrogen) atoms. The first kappa shape index (κ1) is 19.8. The molecule has 2 amide bonds. The fourth-order valence-corrected chi connectivity index (χ4v) is 3.40. The number of imide groups is 1. The number of thioether (sulfide) groups is 1. The summed E-state index contributed by atoms with van der Waals surface area (Å²) < 4.78 is 10.7. The van der Waals surface area contributed by atoms with Gasteiger partial charge in [0, 0.05) is 5.02 Å². The smallest absolute Gasteiger partial charge is 0.293 e. The zero-order chi connectivity index (χ0) is 19.9. The maximum absolute atomic E-state index is 12.5. The summed E-state index contributed by atoms with van der Waals surface area (Å²) in [4.78, 5) is 26.2. The van der Waals surface area contributed by atoms with Crippen molar-refractivity contribution in [2.24, 2.45) is 0 Å². The topological polar surface area (TPSA) is 79.6 Å². The third-order valence-electron chi connectivity index (χ3n) is 3.75. The maximum Gasteiger partial charge on any atom is 0.293 e. The summed E-state index contributed by atoms with van der Waals surface area (Å²) in [6, 6.07) is 15.7. The number of nitriles is 1. The first-order valence-electron chi connectivity index (χ1n) is 8.30. The highest BCUT2D eigenvalue weighted by Gasteiger charge is 2.34. The molecule has 1 fully saturated rings. The minimum absolute atomic E-state index is 0.0314. The summed E-state index contributed by atoms with van der Waals surface area (Å²) in [6.07, 6.45) is 1.65. The highest BCUT2D eigenvalue weighted by molar-refractivity contribution is 8.18. The molecule has 1 saturated heterocycles. The van der Waals surface area contributed by atoms with Gasteiger partial charge in [0.2, 0.25) is 0 Å². The van der Waals surface area contributed by atoms with E-state index in [0.29, 0.717) is 21.4 Å². The molecule has 2 aromatic rings. The molecule has 8 heteroatoms. The van der Waals surface area contributed by atoms with Gasteiger partial charge in [-0.25, -0.2) is 0 Å². The van der Waals surface area contributed by atoms with E-state index in [2.05, 4.69) is 0 Å². The highest BCUT2D eigenvalue weighted by atomic mass is 35.5. The highest BCUT2D eigenvalue weighted by Crippen LogP contribution is 2.32. The molecule has 0 atom stereocenters. The summed E-state index contributed by atoms with van der Waals surface area (Å²) in [5.74, 6) is 0.830. The van der Waals surface area contributed by atoms with Gasteiger partial charge < -0.3 is 9.47 Å². The molecule has 0 saturated carbocycles. The molecule has 0 spiro atoms. The average molecular weight is 415 g/mol. The van der Waals surface area contributed by atoms with Crippen LogP contribution in [0, 0.1) is 11.3 Å². The van der Waals surface area contributed by atoms with Crippen molar-refractivity contribution < 1.29 is 19.1 Å². The number of carbonyl (C=O) groups excluding carboxylic acids is 2. The number of hydrogen-bond donors (Lipinski definition) is 0.